The minimum Gasteiger partial charge on any atom is -0.486 e. The summed E-state index contributed by atoms with van der Waals surface area (Å²) in [6.45, 7) is 3.51. The molecule has 2 rings (SSSR count). The van der Waals surface area contributed by atoms with Crippen molar-refractivity contribution in [3.63, 3.8) is 0 Å². The van der Waals surface area contributed by atoms with E-state index in [0.717, 1.165) is 12.3 Å². The number of aryl methyl sites for hydroxylation is 1. The van der Waals surface area contributed by atoms with Gasteiger partial charge in [-0.3, -0.25) is 4.68 Å². The van der Waals surface area contributed by atoms with Crippen LogP contribution in [-0.4, -0.2) is 9.78 Å². The van der Waals surface area contributed by atoms with Gasteiger partial charge in [0.05, 0.1) is 12.4 Å². The number of ether oxygens (including phenoxy) is 1. The van der Waals surface area contributed by atoms with E-state index in [1.165, 1.54) is 9.13 Å². The number of rotatable bonds is 4. The standard InChI is InChI=1S/C12H13IN2O/c1-2-15-8-12(7-14-15)16-9-10-3-5-11(13)6-4-10/h3-8H,2,9H2,1H3. The van der Waals surface area contributed by atoms with Crippen LogP contribution in [0.2, 0.25) is 0 Å². The molecule has 0 aliphatic heterocycles. The Morgan fingerprint density at radius 1 is 1.31 bits per heavy atom. The highest BCUT2D eigenvalue weighted by Crippen LogP contribution is 2.12. The van der Waals surface area contributed by atoms with Gasteiger partial charge in [-0.1, -0.05) is 12.1 Å². The van der Waals surface area contributed by atoms with Gasteiger partial charge in [0.1, 0.15) is 6.61 Å². The Hall–Kier alpha value is -1.04. The molecule has 0 saturated heterocycles. The van der Waals surface area contributed by atoms with Crippen LogP contribution in [0, 0.1) is 3.57 Å². The molecule has 3 nitrogen and oxygen atoms in total. The normalized spacial score (nSPS) is 10.4. The molecular formula is C12H13IN2O. The Balaban J connectivity index is 1.94. The molecule has 0 unspecified atom stereocenters. The molecular weight excluding hydrogens is 315 g/mol. The first-order chi connectivity index (χ1) is 7.78. The molecule has 1 aromatic carbocycles. The van der Waals surface area contributed by atoms with Crippen LogP contribution in [0.15, 0.2) is 36.7 Å². The zero-order chi connectivity index (χ0) is 11.4. The number of hydrogen-bond acceptors (Lipinski definition) is 2. The van der Waals surface area contributed by atoms with Crippen molar-refractivity contribution in [1.29, 1.82) is 0 Å². The lowest BCUT2D eigenvalue weighted by molar-refractivity contribution is 0.306. The summed E-state index contributed by atoms with van der Waals surface area (Å²) < 4.78 is 8.72. The Bertz CT molecular complexity index is 450. The minimum atomic E-state index is 0.590. The molecule has 2 aromatic rings. The molecule has 0 atom stereocenters. The fourth-order valence-corrected chi connectivity index (χ4v) is 1.70. The highest BCUT2D eigenvalue weighted by molar-refractivity contribution is 14.1. The third-order valence-corrected chi connectivity index (χ3v) is 2.97. The second-order valence-corrected chi connectivity index (χ2v) is 4.69. The van der Waals surface area contributed by atoms with E-state index in [-0.39, 0.29) is 0 Å². The van der Waals surface area contributed by atoms with Gasteiger partial charge in [0.15, 0.2) is 5.75 Å². The van der Waals surface area contributed by atoms with Crippen molar-refractivity contribution in [3.05, 3.63) is 45.8 Å². The smallest absolute Gasteiger partial charge is 0.157 e. The molecule has 0 saturated carbocycles. The second-order valence-electron chi connectivity index (χ2n) is 3.45. The van der Waals surface area contributed by atoms with Gasteiger partial charge in [0, 0.05) is 10.1 Å². The molecule has 0 radical (unpaired) electrons. The molecule has 1 heterocycles. The first kappa shape index (κ1) is 11.4. The van der Waals surface area contributed by atoms with Crippen molar-refractivity contribution in [2.45, 2.75) is 20.1 Å². The summed E-state index contributed by atoms with van der Waals surface area (Å²) in [6.07, 6.45) is 3.66. The molecule has 0 aliphatic rings. The third kappa shape index (κ3) is 2.98. The van der Waals surface area contributed by atoms with Gasteiger partial charge in [0.25, 0.3) is 0 Å². The van der Waals surface area contributed by atoms with Crippen LogP contribution in [0.4, 0.5) is 0 Å². The summed E-state index contributed by atoms with van der Waals surface area (Å²) in [5, 5.41) is 4.15. The van der Waals surface area contributed by atoms with Crippen LogP contribution >= 0.6 is 22.6 Å². The highest BCUT2D eigenvalue weighted by atomic mass is 127. The summed E-state index contributed by atoms with van der Waals surface area (Å²) in [6, 6.07) is 8.31. The Morgan fingerprint density at radius 3 is 2.69 bits per heavy atom. The van der Waals surface area contributed by atoms with Crippen LogP contribution in [-0.2, 0) is 13.2 Å². The van der Waals surface area contributed by atoms with E-state index in [1.807, 2.05) is 10.9 Å². The molecule has 0 fully saturated rings. The van der Waals surface area contributed by atoms with E-state index in [4.69, 9.17) is 4.74 Å². The summed E-state index contributed by atoms with van der Waals surface area (Å²) in [5.74, 6) is 0.820. The van der Waals surface area contributed by atoms with E-state index in [0.29, 0.717) is 6.61 Å². The molecule has 1 aromatic heterocycles. The number of halogens is 1. The maximum absolute atomic E-state index is 5.63. The molecule has 16 heavy (non-hydrogen) atoms. The lowest BCUT2D eigenvalue weighted by Gasteiger charge is -2.03. The van der Waals surface area contributed by atoms with Crippen molar-refractivity contribution in [2.75, 3.05) is 0 Å². The zero-order valence-electron chi connectivity index (χ0n) is 9.06. The number of hydrogen-bond donors (Lipinski definition) is 0. The van der Waals surface area contributed by atoms with Gasteiger partial charge in [-0.25, -0.2) is 0 Å². The molecule has 84 valence electrons. The monoisotopic (exact) mass is 328 g/mol. The maximum atomic E-state index is 5.63. The second kappa shape index (κ2) is 5.34. The van der Waals surface area contributed by atoms with Gasteiger partial charge >= 0.3 is 0 Å². The zero-order valence-corrected chi connectivity index (χ0v) is 11.2. The van der Waals surface area contributed by atoms with Crippen LogP contribution in [0.25, 0.3) is 0 Å². The topological polar surface area (TPSA) is 27.1 Å². The van der Waals surface area contributed by atoms with Crippen molar-refractivity contribution < 1.29 is 4.74 Å². The molecule has 0 bridgehead atoms. The fraction of sp³-hybridized carbons (Fsp3) is 0.250. The summed E-state index contributed by atoms with van der Waals surface area (Å²) in [5.41, 5.74) is 1.17. The van der Waals surface area contributed by atoms with E-state index in [9.17, 15) is 0 Å². The maximum Gasteiger partial charge on any atom is 0.157 e. The summed E-state index contributed by atoms with van der Waals surface area (Å²) in [7, 11) is 0. The van der Waals surface area contributed by atoms with Crippen LogP contribution in [0.3, 0.4) is 0 Å². The van der Waals surface area contributed by atoms with Crippen molar-refractivity contribution in [3.8, 4) is 5.75 Å². The molecule has 0 N–H and O–H groups in total. The van der Waals surface area contributed by atoms with Gasteiger partial charge in [-0.05, 0) is 47.2 Å². The number of aromatic nitrogens is 2. The van der Waals surface area contributed by atoms with Gasteiger partial charge in [0.2, 0.25) is 0 Å². The first-order valence-electron chi connectivity index (χ1n) is 5.17. The predicted molar refractivity (Wildman–Crippen MR) is 71.4 cm³/mol. The first-order valence-corrected chi connectivity index (χ1v) is 6.25. The average Bonchev–Trinajstić information content (AvgIpc) is 2.76. The van der Waals surface area contributed by atoms with E-state index in [1.54, 1.807) is 6.20 Å². The van der Waals surface area contributed by atoms with Gasteiger partial charge < -0.3 is 4.74 Å². The Labute approximate surface area is 109 Å². The Morgan fingerprint density at radius 2 is 2.06 bits per heavy atom. The lowest BCUT2D eigenvalue weighted by atomic mass is 10.2. The fourth-order valence-electron chi connectivity index (χ4n) is 1.34. The SMILES string of the molecule is CCn1cc(OCc2ccc(I)cc2)cn1. The van der Waals surface area contributed by atoms with Crippen molar-refractivity contribution in [1.82, 2.24) is 9.78 Å². The summed E-state index contributed by atoms with van der Waals surface area (Å²) >= 11 is 2.29. The quantitative estimate of drug-likeness (QED) is 0.807. The molecule has 0 spiro atoms. The Kier molecular flexibility index (Phi) is 3.82. The minimum absolute atomic E-state index is 0.590. The van der Waals surface area contributed by atoms with E-state index >= 15 is 0 Å². The molecule has 4 heteroatoms. The third-order valence-electron chi connectivity index (χ3n) is 2.25. The van der Waals surface area contributed by atoms with Gasteiger partial charge in [-0.2, -0.15) is 5.10 Å². The van der Waals surface area contributed by atoms with Crippen LogP contribution in [0.1, 0.15) is 12.5 Å². The number of benzene rings is 1. The van der Waals surface area contributed by atoms with Crippen LogP contribution in [0.5, 0.6) is 5.75 Å². The average molecular weight is 328 g/mol. The molecule has 0 amide bonds. The van der Waals surface area contributed by atoms with E-state index in [2.05, 4.69) is 58.9 Å². The van der Waals surface area contributed by atoms with Crippen molar-refractivity contribution in [2.24, 2.45) is 0 Å². The number of nitrogens with zero attached hydrogens (tertiary/aromatic N) is 2. The highest BCUT2D eigenvalue weighted by Gasteiger charge is 1.99. The summed E-state index contributed by atoms with van der Waals surface area (Å²) in [4.78, 5) is 0. The van der Waals surface area contributed by atoms with Gasteiger partial charge in [-0.15, -0.1) is 0 Å². The predicted octanol–water partition coefficient (Wildman–Crippen LogP) is 3.09. The molecule has 0 aliphatic carbocycles. The van der Waals surface area contributed by atoms with Crippen LogP contribution < -0.4 is 4.74 Å². The van der Waals surface area contributed by atoms with Crippen molar-refractivity contribution >= 4 is 22.6 Å². The largest absolute Gasteiger partial charge is 0.486 e. The van der Waals surface area contributed by atoms with E-state index < -0.39 is 0 Å². The lowest BCUT2D eigenvalue weighted by Crippen LogP contribution is -1.95.